The molecular formula is C22H26FNO3. The van der Waals surface area contributed by atoms with Crippen LogP contribution < -0.4 is 9.47 Å². The van der Waals surface area contributed by atoms with E-state index in [1.54, 1.807) is 26.2 Å². The highest BCUT2D eigenvalue weighted by Crippen LogP contribution is 2.30. The molecule has 0 atom stereocenters. The van der Waals surface area contributed by atoms with E-state index in [0.717, 1.165) is 37.1 Å². The lowest BCUT2D eigenvalue weighted by Crippen LogP contribution is -2.35. The first-order valence-corrected chi connectivity index (χ1v) is 9.43. The molecule has 0 saturated carbocycles. The maximum absolute atomic E-state index is 13.9. The molecule has 1 saturated heterocycles. The van der Waals surface area contributed by atoms with Crippen LogP contribution in [0, 0.1) is 12.7 Å². The summed E-state index contributed by atoms with van der Waals surface area (Å²) in [6.07, 6.45) is 4.45. The highest BCUT2D eigenvalue weighted by Gasteiger charge is 2.16. The number of rotatable bonds is 5. The van der Waals surface area contributed by atoms with Crippen molar-refractivity contribution in [2.45, 2.75) is 32.6 Å². The Morgan fingerprint density at radius 1 is 1.00 bits per heavy atom. The second-order valence-electron chi connectivity index (χ2n) is 6.94. The lowest BCUT2D eigenvalue weighted by atomic mass is 10.0. The number of amides is 1. The van der Waals surface area contributed by atoms with Gasteiger partial charge >= 0.3 is 0 Å². The van der Waals surface area contributed by atoms with Gasteiger partial charge in [-0.3, -0.25) is 4.79 Å². The molecule has 0 bridgehead atoms. The van der Waals surface area contributed by atoms with Gasteiger partial charge in [-0.25, -0.2) is 4.39 Å². The molecule has 4 nitrogen and oxygen atoms in total. The molecule has 1 fully saturated rings. The Morgan fingerprint density at radius 3 is 2.37 bits per heavy atom. The van der Waals surface area contributed by atoms with Crippen molar-refractivity contribution in [1.29, 1.82) is 0 Å². The molecule has 2 aromatic carbocycles. The predicted molar refractivity (Wildman–Crippen MR) is 104 cm³/mol. The zero-order valence-electron chi connectivity index (χ0n) is 16.0. The Hall–Kier alpha value is -2.56. The molecule has 1 aliphatic heterocycles. The van der Waals surface area contributed by atoms with Crippen molar-refractivity contribution in [1.82, 2.24) is 4.90 Å². The van der Waals surface area contributed by atoms with Gasteiger partial charge in [0.15, 0.2) is 6.61 Å². The van der Waals surface area contributed by atoms with E-state index in [0.29, 0.717) is 17.1 Å². The van der Waals surface area contributed by atoms with Crippen LogP contribution in [0.1, 0.15) is 31.2 Å². The van der Waals surface area contributed by atoms with Crippen molar-refractivity contribution in [3.63, 3.8) is 0 Å². The summed E-state index contributed by atoms with van der Waals surface area (Å²) >= 11 is 0. The number of halogens is 1. The third-order valence-corrected chi connectivity index (χ3v) is 4.94. The van der Waals surface area contributed by atoms with Gasteiger partial charge in [0.25, 0.3) is 5.91 Å². The maximum Gasteiger partial charge on any atom is 0.260 e. The normalized spacial score (nSPS) is 14.6. The molecule has 2 aromatic rings. The average molecular weight is 371 g/mol. The van der Waals surface area contributed by atoms with Crippen LogP contribution in [0.3, 0.4) is 0 Å². The summed E-state index contributed by atoms with van der Waals surface area (Å²) in [5.41, 5.74) is 2.12. The number of nitrogens with zero attached hydrogens (tertiary/aromatic N) is 1. The fourth-order valence-electron chi connectivity index (χ4n) is 3.27. The van der Waals surface area contributed by atoms with Gasteiger partial charge in [-0.05, 0) is 54.7 Å². The fraction of sp³-hybridized carbons (Fsp3) is 0.409. The summed E-state index contributed by atoms with van der Waals surface area (Å²) in [6, 6.07) is 10.5. The van der Waals surface area contributed by atoms with Crippen molar-refractivity contribution in [3.05, 3.63) is 47.8 Å². The molecule has 0 spiro atoms. The van der Waals surface area contributed by atoms with Gasteiger partial charge in [0.1, 0.15) is 17.3 Å². The Balaban J connectivity index is 1.75. The minimum Gasteiger partial charge on any atom is -0.497 e. The first-order chi connectivity index (χ1) is 13.1. The van der Waals surface area contributed by atoms with Gasteiger partial charge in [-0.15, -0.1) is 0 Å². The van der Waals surface area contributed by atoms with E-state index in [-0.39, 0.29) is 18.3 Å². The van der Waals surface area contributed by atoms with E-state index in [1.165, 1.54) is 18.9 Å². The van der Waals surface area contributed by atoms with Crippen LogP contribution in [0.2, 0.25) is 0 Å². The van der Waals surface area contributed by atoms with Gasteiger partial charge in [0.2, 0.25) is 0 Å². The van der Waals surface area contributed by atoms with Gasteiger partial charge < -0.3 is 14.4 Å². The minimum atomic E-state index is -0.255. The predicted octanol–water partition coefficient (Wildman–Crippen LogP) is 4.59. The molecule has 1 amide bonds. The zero-order valence-corrected chi connectivity index (χ0v) is 16.0. The number of aryl methyl sites for hydroxylation is 1. The van der Waals surface area contributed by atoms with Gasteiger partial charge in [0, 0.05) is 19.2 Å². The summed E-state index contributed by atoms with van der Waals surface area (Å²) in [7, 11) is 1.57. The summed E-state index contributed by atoms with van der Waals surface area (Å²) in [5.74, 6) is 0.885. The number of hydrogen-bond donors (Lipinski definition) is 0. The van der Waals surface area contributed by atoms with E-state index in [1.807, 2.05) is 23.1 Å². The lowest BCUT2D eigenvalue weighted by Gasteiger charge is -2.20. The molecule has 0 radical (unpaired) electrons. The van der Waals surface area contributed by atoms with Crippen LogP contribution in [0.25, 0.3) is 11.1 Å². The first kappa shape index (κ1) is 19.2. The van der Waals surface area contributed by atoms with Crippen molar-refractivity contribution in [3.8, 4) is 22.6 Å². The highest BCUT2D eigenvalue weighted by molar-refractivity contribution is 5.78. The summed E-state index contributed by atoms with van der Waals surface area (Å²) in [6.45, 7) is 3.32. The number of carbonyl (C=O) groups excluding carboxylic acids is 1. The molecule has 1 heterocycles. The molecule has 0 aromatic heterocycles. The van der Waals surface area contributed by atoms with Crippen molar-refractivity contribution < 1.29 is 18.7 Å². The van der Waals surface area contributed by atoms with Crippen LogP contribution in [-0.2, 0) is 4.79 Å². The lowest BCUT2D eigenvalue weighted by molar-refractivity contribution is -0.133. The number of ether oxygens (including phenoxy) is 2. The monoisotopic (exact) mass is 371 g/mol. The van der Waals surface area contributed by atoms with E-state index in [2.05, 4.69) is 0 Å². The molecule has 1 aliphatic rings. The molecule has 5 heteroatoms. The van der Waals surface area contributed by atoms with Gasteiger partial charge in [-0.2, -0.15) is 0 Å². The first-order valence-electron chi connectivity index (χ1n) is 9.43. The number of benzene rings is 2. The van der Waals surface area contributed by atoms with Crippen LogP contribution in [0.4, 0.5) is 4.39 Å². The summed E-state index contributed by atoms with van der Waals surface area (Å²) in [4.78, 5) is 14.3. The smallest absolute Gasteiger partial charge is 0.260 e. The highest BCUT2D eigenvalue weighted by atomic mass is 19.1. The van der Waals surface area contributed by atoms with Crippen LogP contribution in [0.5, 0.6) is 11.5 Å². The number of hydrogen-bond acceptors (Lipinski definition) is 3. The van der Waals surface area contributed by atoms with E-state index in [4.69, 9.17) is 9.47 Å². The number of likely N-dealkylation sites (tertiary alicyclic amines) is 1. The van der Waals surface area contributed by atoms with E-state index < -0.39 is 0 Å². The third kappa shape index (κ3) is 5.00. The SMILES string of the molecule is COc1cc(OCC(=O)N2CCCCCC2)cc(-c2ccc(C)c(F)c2)c1. The zero-order chi connectivity index (χ0) is 19.2. The molecule has 3 rings (SSSR count). The Morgan fingerprint density at radius 2 is 1.70 bits per heavy atom. The van der Waals surface area contributed by atoms with Crippen molar-refractivity contribution in [2.24, 2.45) is 0 Å². The van der Waals surface area contributed by atoms with Crippen molar-refractivity contribution >= 4 is 5.91 Å². The Kier molecular flexibility index (Phi) is 6.32. The van der Waals surface area contributed by atoms with Crippen molar-refractivity contribution in [2.75, 3.05) is 26.8 Å². The Bertz CT molecular complexity index is 798. The second kappa shape index (κ2) is 8.89. The quantitative estimate of drug-likeness (QED) is 0.772. The fourth-order valence-corrected chi connectivity index (χ4v) is 3.27. The molecule has 144 valence electrons. The molecule has 0 aliphatic carbocycles. The topological polar surface area (TPSA) is 38.8 Å². The van der Waals surface area contributed by atoms with Crippen LogP contribution in [-0.4, -0.2) is 37.6 Å². The minimum absolute atomic E-state index is 0.00245. The maximum atomic E-state index is 13.9. The molecule has 0 N–H and O–H groups in total. The van der Waals surface area contributed by atoms with Gasteiger partial charge in [0.05, 0.1) is 7.11 Å². The average Bonchev–Trinajstić information content (AvgIpc) is 2.97. The summed E-state index contributed by atoms with van der Waals surface area (Å²) in [5, 5.41) is 0. The van der Waals surface area contributed by atoms with Crippen LogP contribution in [0.15, 0.2) is 36.4 Å². The molecular weight excluding hydrogens is 345 g/mol. The van der Waals surface area contributed by atoms with E-state index in [9.17, 15) is 9.18 Å². The van der Waals surface area contributed by atoms with E-state index >= 15 is 0 Å². The molecule has 0 unspecified atom stereocenters. The second-order valence-corrected chi connectivity index (χ2v) is 6.94. The third-order valence-electron chi connectivity index (χ3n) is 4.94. The number of methoxy groups -OCH3 is 1. The molecule has 27 heavy (non-hydrogen) atoms. The summed E-state index contributed by atoms with van der Waals surface area (Å²) < 4.78 is 25.0. The van der Waals surface area contributed by atoms with Gasteiger partial charge in [-0.1, -0.05) is 25.0 Å². The largest absolute Gasteiger partial charge is 0.497 e. The standard InChI is InChI=1S/C22H26FNO3/c1-16-7-8-17(13-21(16)23)18-11-19(26-2)14-20(12-18)27-15-22(25)24-9-5-3-4-6-10-24/h7-8,11-14H,3-6,9-10,15H2,1-2H3. The number of carbonyl (C=O) groups is 1. The van der Waals surface area contributed by atoms with Crippen LogP contribution >= 0.6 is 0 Å². The Labute approximate surface area is 159 Å².